The van der Waals surface area contributed by atoms with Gasteiger partial charge in [0.15, 0.2) is 0 Å². The zero-order valence-electron chi connectivity index (χ0n) is 12.8. The second-order valence-electron chi connectivity index (χ2n) is 5.26. The summed E-state index contributed by atoms with van der Waals surface area (Å²) < 4.78 is 5.88. The highest BCUT2D eigenvalue weighted by molar-refractivity contribution is 7.99. The molecule has 0 amide bonds. The first-order chi connectivity index (χ1) is 9.85. The lowest BCUT2D eigenvalue weighted by molar-refractivity contribution is 0.317. The Bertz CT molecular complexity index is 408. The smallest absolute Gasteiger partial charge is 0.119 e. The fourth-order valence-corrected chi connectivity index (χ4v) is 3.44. The molecule has 1 aromatic rings. The van der Waals surface area contributed by atoms with Crippen LogP contribution in [0, 0.1) is 0 Å². The van der Waals surface area contributed by atoms with Gasteiger partial charge in [0.25, 0.3) is 0 Å². The Morgan fingerprint density at radius 2 is 2.25 bits per heavy atom. The molecule has 0 heterocycles. The van der Waals surface area contributed by atoms with Gasteiger partial charge in [-0.15, -0.1) is 0 Å². The molecule has 2 nitrogen and oxygen atoms in total. The molecule has 20 heavy (non-hydrogen) atoms. The number of thioether (sulfide) groups is 1. The van der Waals surface area contributed by atoms with E-state index in [-0.39, 0.29) is 0 Å². The van der Waals surface area contributed by atoms with E-state index in [1.165, 1.54) is 41.9 Å². The molecule has 1 aliphatic rings. The van der Waals surface area contributed by atoms with Gasteiger partial charge in [-0.2, -0.15) is 11.8 Å². The first-order valence-electron chi connectivity index (χ1n) is 7.92. The van der Waals surface area contributed by atoms with E-state index >= 15 is 0 Å². The van der Waals surface area contributed by atoms with Crippen molar-refractivity contribution < 1.29 is 4.74 Å². The van der Waals surface area contributed by atoms with Gasteiger partial charge < -0.3 is 10.1 Å². The standard InChI is InChI=1S/C17H27NOS/c1-3-18-17-8-5-7-14-13-15(9-10-16(14)17)19-11-6-12-20-4-2/h9-10,13,17-18H,3-8,11-12H2,1-2H3. The summed E-state index contributed by atoms with van der Waals surface area (Å²) in [5, 5.41) is 3.58. The van der Waals surface area contributed by atoms with E-state index in [2.05, 4.69) is 37.4 Å². The number of hydrogen-bond acceptors (Lipinski definition) is 3. The van der Waals surface area contributed by atoms with Crippen molar-refractivity contribution in [2.75, 3.05) is 24.7 Å². The summed E-state index contributed by atoms with van der Waals surface area (Å²) in [6.07, 6.45) is 4.87. The van der Waals surface area contributed by atoms with E-state index in [0.29, 0.717) is 6.04 Å². The van der Waals surface area contributed by atoms with Crippen LogP contribution < -0.4 is 10.1 Å². The third-order valence-corrected chi connectivity index (χ3v) is 4.77. The molecule has 0 radical (unpaired) electrons. The van der Waals surface area contributed by atoms with Crippen molar-refractivity contribution in [3.8, 4) is 5.75 Å². The van der Waals surface area contributed by atoms with Crippen LogP contribution in [0.2, 0.25) is 0 Å². The van der Waals surface area contributed by atoms with Gasteiger partial charge in [0.2, 0.25) is 0 Å². The van der Waals surface area contributed by atoms with Crippen LogP contribution in [0.3, 0.4) is 0 Å². The van der Waals surface area contributed by atoms with Gasteiger partial charge in [0.05, 0.1) is 6.61 Å². The summed E-state index contributed by atoms with van der Waals surface area (Å²) in [4.78, 5) is 0. The SMILES string of the molecule is CCNC1CCCc2cc(OCCCSCC)ccc21. The molecule has 0 saturated heterocycles. The monoisotopic (exact) mass is 293 g/mol. The molecule has 1 aromatic carbocycles. The van der Waals surface area contributed by atoms with Crippen molar-refractivity contribution in [3.63, 3.8) is 0 Å². The number of ether oxygens (including phenoxy) is 1. The van der Waals surface area contributed by atoms with Gasteiger partial charge in [0.1, 0.15) is 5.75 Å². The van der Waals surface area contributed by atoms with Crippen molar-refractivity contribution in [2.45, 2.75) is 45.6 Å². The van der Waals surface area contributed by atoms with Crippen molar-refractivity contribution in [1.29, 1.82) is 0 Å². The van der Waals surface area contributed by atoms with Crippen molar-refractivity contribution in [3.05, 3.63) is 29.3 Å². The lowest BCUT2D eigenvalue weighted by Gasteiger charge is -2.26. The fraction of sp³-hybridized carbons (Fsp3) is 0.647. The molecule has 3 heteroatoms. The van der Waals surface area contributed by atoms with Crippen LogP contribution in [0.5, 0.6) is 5.75 Å². The summed E-state index contributed by atoms with van der Waals surface area (Å²) in [7, 11) is 0. The lowest BCUT2D eigenvalue weighted by Crippen LogP contribution is -2.24. The number of nitrogens with one attached hydrogen (secondary N) is 1. The Labute approximate surface area is 127 Å². The summed E-state index contributed by atoms with van der Waals surface area (Å²) in [5.74, 6) is 3.44. The normalized spacial score (nSPS) is 17.8. The van der Waals surface area contributed by atoms with E-state index in [4.69, 9.17) is 4.74 Å². The van der Waals surface area contributed by atoms with Crippen molar-refractivity contribution in [1.82, 2.24) is 5.32 Å². The van der Waals surface area contributed by atoms with Gasteiger partial charge in [-0.05, 0) is 67.0 Å². The highest BCUT2D eigenvalue weighted by atomic mass is 32.2. The van der Waals surface area contributed by atoms with Crippen molar-refractivity contribution in [2.24, 2.45) is 0 Å². The van der Waals surface area contributed by atoms with Crippen LogP contribution in [0.25, 0.3) is 0 Å². The maximum absolute atomic E-state index is 5.88. The maximum Gasteiger partial charge on any atom is 0.119 e. The van der Waals surface area contributed by atoms with Crippen LogP contribution >= 0.6 is 11.8 Å². The van der Waals surface area contributed by atoms with Gasteiger partial charge >= 0.3 is 0 Å². The minimum absolute atomic E-state index is 0.541. The fourth-order valence-electron chi connectivity index (χ4n) is 2.83. The molecule has 0 aliphatic heterocycles. The molecule has 0 bridgehead atoms. The summed E-state index contributed by atoms with van der Waals surface area (Å²) in [6, 6.07) is 7.20. The van der Waals surface area contributed by atoms with E-state index < -0.39 is 0 Å². The van der Waals surface area contributed by atoms with Crippen LogP contribution in [-0.4, -0.2) is 24.7 Å². The third kappa shape index (κ3) is 4.42. The van der Waals surface area contributed by atoms with E-state index in [0.717, 1.165) is 25.3 Å². The average Bonchev–Trinajstić information content (AvgIpc) is 2.47. The first kappa shape index (κ1) is 15.7. The Balaban J connectivity index is 1.90. The summed E-state index contributed by atoms with van der Waals surface area (Å²) in [6.45, 7) is 6.26. The van der Waals surface area contributed by atoms with Gasteiger partial charge in [-0.3, -0.25) is 0 Å². The number of fused-ring (bicyclic) bond motifs is 1. The van der Waals surface area contributed by atoms with Crippen LogP contribution in [0.1, 0.15) is 50.3 Å². The van der Waals surface area contributed by atoms with Crippen LogP contribution in [-0.2, 0) is 6.42 Å². The van der Waals surface area contributed by atoms with Crippen LogP contribution in [0.4, 0.5) is 0 Å². The van der Waals surface area contributed by atoms with Gasteiger partial charge in [-0.25, -0.2) is 0 Å². The molecule has 0 spiro atoms. The second-order valence-corrected chi connectivity index (χ2v) is 6.66. The highest BCUT2D eigenvalue weighted by Gasteiger charge is 2.19. The molecule has 0 fully saturated rings. The maximum atomic E-state index is 5.88. The van der Waals surface area contributed by atoms with Gasteiger partial charge in [-0.1, -0.05) is 19.9 Å². The zero-order chi connectivity index (χ0) is 14.2. The topological polar surface area (TPSA) is 21.3 Å². The molecule has 1 unspecified atom stereocenters. The van der Waals surface area contributed by atoms with Crippen molar-refractivity contribution >= 4 is 11.8 Å². The molecular formula is C17H27NOS. The molecule has 2 rings (SSSR count). The largest absolute Gasteiger partial charge is 0.494 e. The minimum atomic E-state index is 0.541. The van der Waals surface area contributed by atoms with E-state index in [9.17, 15) is 0 Å². The molecular weight excluding hydrogens is 266 g/mol. The molecule has 112 valence electrons. The van der Waals surface area contributed by atoms with Crippen LogP contribution in [0.15, 0.2) is 18.2 Å². The number of rotatable bonds is 8. The minimum Gasteiger partial charge on any atom is -0.494 e. The number of aryl methyl sites for hydroxylation is 1. The number of hydrogen-bond donors (Lipinski definition) is 1. The molecule has 1 aliphatic carbocycles. The van der Waals surface area contributed by atoms with E-state index in [1.54, 1.807) is 0 Å². The Morgan fingerprint density at radius 3 is 3.05 bits per heavy atom. The Kier molecular flexibility index (Phi) is 6.74. The van der Waals surface area contributed by atoms with Gasteiger partial charge in [0, 0.05) is 6.04 Å². The lowest BCUT2D eigenvalue weighted by atomic mass is 9.87. The second kappa shape index (κ2) is 8.58. The Morgan fingerprint density at radius 1 is 1.35 bits per heavy atom. The summed E-state index contributed by atoms with van der Waals surface area (Å²) in [5.41, 5.74) is 2.95. The third-order valence-electron chi connectivity index (χ3n) is 3.79. The number of benzene rings is 1. The summed E-state index contributed by atoms with van der Waals surface area (Å²) >= 11 is 1.98. The highest BCUT2D eigenvalue weighted by Crippen LogP contribution is 2.32. The predicted octanol–water partition coefficient (Wildman–Crippen LogP) is 4.20. The quantitative estimate of drug-likeness (QED) is 0.726. The van der Waals surface area contributed by atoms with E-state index in [1.807, 2.05) is 11.8 Å². The Hall–Kier alpha value is -0.670. The molecule has 0 aromatic heterocycles. The molecule has 1 N–H and O–H groups in total. The predicted molar refractivity (Wildman–Crippen MR) is 88.9 cm³/mol. The zero-order valence-corrected chi connectivity index (χ0v) is 13.6. The first-order valence-corrected chi connectivity index (χ1v) is 9.07. The molecule has 1 atom stereocenters. The average molecular weight is 293 g/mol. The molecule has 0 saturated carbocycles.